The lowest BCUT2D eigenvalue weighted by Crippen LogP contribution is -2.20. The van der Waals surface area contributed by atoms with E-state index < -0.39 is 10.0 Å². The topological polar surface area (TPSA) is 65.4 Å². The minimum atomic E-state index is -3.95. The summed E-state index contributed by atoms with van der Waals surface area (Å²) < 4.78 is 33.7. The second-order valence-electron chi connectivity index (χ2n) is 6.72. The summed E-state index contributed by atoms with van der Waals surface area (Å²) in [5.41, 5.74) is 1.97. The number of aryl methyl sites for hydroxylation is 1. The Hall–Kier alpha value is -3.38. The highest BCUT2D eigenvalue weighted by Crippen LogP contribution is 2.29. The average Bonchev–Trinajstić information content (AvgIpc) is 2.74. The Labute approximate surface area is 168 Å². The van der Waals surface area contributed by atoms with Gasteiger partial charge in [0.15, 0.2) is 5.43 Å². The van der Waals surface area contributed by atoms with E-state index in [9.17, 15) is 13.2 Å². The number of para-hydroxylation sites is 1. The smallest absolute Gasteiger partial charge is 0.268 e. The van der Waals surface area contributed by atoms with Crippen LogP contribution in [0.25, 0.3) is 22.2 Å². The van der Waals surface area contributed by atoms with Crippen molar-refractivity contribution < 1.29 is 13.2 Å². The molecule has 4 aromatic rings. The van der Waals surface area contributed by atoms with Crippen molar-refractivity contribution in [1.82, 2.24) is 3.97 Å². The van der Waals surface area contributed by atoms with E-state index in [4.69, 9.17) is 4.74 Å². The summed E-state index contributed by atoms with van der Waals surface area (Å²) in [6.07, 6.45) is 0. The minimum absolute atomic E-state index is 0.159. The lowest BCUT2D eigenvalue weighted by Gasteiger charge is -2.18. The lowest BCUT2D eigenvalue weighted by atomic mass is 10.1. The van der Waals surface area contributed by atoms with E-state index in [2.05, 4.69) is 0 Å². The van der Waals surface area contributed by atoms with Gasteiger partial charge in [0, 0.05) is 11.5 Å². The fraction of sp³-hybridized carbons (Fsp3) is 0.0870. The molecule has 0 unspecified atom stereocenters. The molecule has 0 fully saturated rings. The molecule has 29 heavy (non-hydrogen) atoms. The van der Waals surface area contributed by atoms with Gasteiger partial charge < -0.3 is 4.74 Å². The molecule has 0 aliphatic carbocycles. The normalized spacial score (nSPS) is 11.5. The second-order valence-corrected chi connectivity index (χ2v) is 8.51. The first kappa shape index (κ1) is 19.0. The second kappa shape index (κ2) is 7.22. The van der Waals surface area contributed by atoms with Gasteiger partial charge in [-0.25, -0.2) is 12.4 Å². The van der Waals surface area contributed by atoms with Crippen LogP contribution in [0.3, 0.4) is 0 Å². The van der Waals surface area contributed by atoms with Crippen molar-refractivity contribution in [3.05, 3.63) is 94.6 Å². The van der Waals surface area contributed by atoms with Crippen LogP contribution in [0.2, 0.25) is 0 Å². The number of hydrogen-bond acceptors (Lipinski definition) is 4. The minimum Gasteiger partial charge on any atom is -0.497 e. The van der Waals surface area contributed by atoms with Crippen LogP contribution in [0.15, 0.2) is 88.6 Å². The molecule has 3 aromatic carbocycles. The first-order chi connectivity index (χ1) is 13.9. The molecule has 1 heterocycles. The van der Waals surface area contributed by atoms with Crippen LogP contribution in [0.1, 0.15) is 5.56 Å². The maximum absolute atomic E-state index is 13.6. The van der Waals surface area contributed by atoms with Gasteiger partial charge in [-0.1, -0.05) is 29.8 Å². The van der Waals surface area contributed by atoms with Gasteiger partial charge >= 0.3 is 0 Å². The Balaban J connectivity index is 2.08. The van der Waals surface area contributed by atoms with Crippen LogP contribution in [-0.2, 0) is 10.0 Å². The molecule has 1 aromatic heterocycles. The molecule has 4 rings (SSSR count). The number of hydrogen-bond donors (Lipinski definition) is 0. The number of ether oxygens (including phenoxy) is 1. The average molecular weight is 405 g/mol. The van der Waals surface area contributed by atoms with E-state index in [1.54, 1.807) is 79.9 Å². The largest absolute Gasteiger partial charge is 0.497 e. The molecule has 0 amide bonds. The Bertz CT molecular complexity index is 1350. The van der Waals surface area contributed by atoms with Crippen LogP contribution in [0.4, 0.5) is 0 Å². The van der Waals surface area contributed by atoms with Crippen molar-refractivity contribution in [1.29, 1.82) is 0 Å². The van der Waals surface area contributed by atoms with E-state index in [0.29, 0.717) is 27.9 Å². The molecule has 0 spiro atoms. The standard InChI is InChI=1S/C23H19NO4S/c1-16-7-13-19(14-8-16)29(26,27)24-21-6-4-3-5-20(21)23(25)15-22(24)17-9-11-18(28-2)12-10-17/h3-15H,1-2H3. The molecule has 0 atom stereocenters. The van der Waals surface area contributed by atoms with Crippen molar-refractivity contribution in [3.63, 3.8) is 0 Å². The molecule has 0 N–H and O–H groups in total. The van der Waals surface area contributed by atoms with Crippen molar-refractivity contribution >= 4 is 20.9 Å². The predicted octanol–water partition coefficient (Wildman–Crippen LogP) is 4.22. The van der Waals surface area contributed by atoms with Crippen molar-refractivity contribution in [2.45, 2.75) is 11.8 Å². The first-order valence-electron chi connectivity index (χ1n) is 9.03. The van der Waals surface area contributed by atoms with Gasteiger partial charge in [-0.3, -0.25) is 4.79 Å². The molecule has 0 saturated heterocycles. The van der Waals surface area contributed by atoms with Crippen LogP contribution in [0.5, 0.6) is 5.75 Å². The third kappa shape index (κ3) is 3.32. The van der Waals surface area contributed by atoms with Crippen LogP contribution >= 0.6 is 0 Å². The summed E-state index contributed by atoms with van der Waals surface area (Å²) >= 11 is 0. The highest BCUT2D eigenvalue weighted by atomic mass is 32.2. The van der Waals surface area contributed by atoms with E-state index in [0.717, 1.165) is 5.56 Å². The highest BCUT2D eigenvalue weighted by Gasteiger charge is 2.23. The SMILES string of the molecule is COc1ccc(-c2cc(=O)c3ccccc3n2S(=O)(=O)c2ccc(C)cc2)cc1. The van der Waals surface area contributed by atoms with Crippen molar-refractivity contribution in [3.8, 4) is 17.0 Å². The molecule has 146 valence electrons. The quantitative estimate of drug-likeness (QED) is 0.510. The summed E-state index contributed by atoms with van der Waals surface area (Å²) in [5, 5.41) is 0.348. The maximum Gasteiger partial charge on any atom is 0.268 e. The maximum atomic E-state index is 13.6. The fourth-order valence-corrected chi connectivity index (χ4v) is 4.81. The molecule has 6 heteroatoms. The summed E-state index contributed by atoms with van der Waals surface area (Å²) in [5.74, 6) is 0.643. The van der Waals surface area contributed by atoms with Gasteiger partial charge in [-0.15, -0.1) is 0 Å². The zero-order chi connectivity index (χ0) is 20.6. The Morgan fingerprint density at radius 3 is 2.17 bits per heavy atom. The number of rotatable bonds is 4. The predicted molar refractivity (Wildman–Crippen MR) is 114 cm³/mol. The summed E-state index contributed by atoms with van der Waals surface area (Å²) in [4.78, 5) is 12.9. The molecule has 0 radical (unpaired) electrons. The zero-order valence-electron chi connectivity index (χ0n) is 16.0. The zero-order valence-corrected chi connectivity index (χ0v) is 16.8. The van der Waals surface area contributed by atoms with Crippen molar-refractivity contribution in [2.75, 3.05) is 7.11 Å². The van der Waals surface area contributed by atoms with E-state index in [1.165, 1.54) is 10.0 Å². The van der Waals surface area contributed by atoms with Gasteiger partial charge in [0.05, 0.1) is 23.2 Å². The van der Waals surface area contributed by atoms with Gasteiger partial charge in [0.25, 0.3) is 10.0 Å². The third-order valence-corrected chi connectivity index (χ3v) is 6.56. The first-order valence-corrected chi connectivity index (χ1v) is 10.5. The molecule has 0 bridgehead atoms. The number of aromatic nitrogens is 1. The highest BCUT2D eigenvalue weighted by molar-refractivity contribution is 7.90. The molecule has 0 saturated carbocycles. The third-order valence-electron chi connectivity index (χ3n) is 4.82. The number of fused-ring (bicyclic) bond motifs is 1. The monoisotopic (exact) mass is 405 g/mol. The van der Waals surface area contributed by atoms with Crippen LogP contribution < -0.4 is 10.2 Å². The van der Waals surface area contributed by atoms with Gasteiger partial charge in [0.1, 0.15) is 5.75 Å². The molecular formula is C23H19NO4S. The molecule has 5 nitrogen and oxygen atoms in total. The summed E-state index contributed by atoms with van der Waals surface area (Å²) in [7, 11) is -2.39. The van der Waals surface area contributed by atoms with Crippen molar-refractivity contribution in [2.24, 2.45) is 0 Å². The number of nitrogens with zero attached hydrogens (tertiary/aromatic N) is 1. The van der Waals surface area contributed by atoms with E-state index in [-0.39, 0.29) is 10.3 Å². The van der Waals surface area contributed by atoms with E-state index in [1.807, 2.05) is 6.92 Å². The Kier molecular flexibility index (Phi) is 4.72. The Morgan fingerprint density at radius 2 is 1.52 bits per heavy atom. The number of pyridine rings is 1. The van der Waals surface area contributed by atoms with Gasteiger partial charge in [0.2, 0.25) is 0 Å². The van der Waals surface area contributed by atoms with Gasteiger partial charge in [-0.05, 0) is 61.0 Å². The molecular weight excluding hydrogens is 386 g/mol. The van der Waals surface area contributed by atoms with E-state index >= 15 is 0 Å². The fourth-order valence-electron chi connectivity index (χ4n) is 3.29. The Morgan fingerprint density at radius 1 is 0.862 bits per heavy atom. The van der Waals surface area contributed by atoms with Crippen LogP contribution in [0, 0.1) is 6.92 Å². The van der Waals surface area contributed by atoms with Gasteiger partial charge in [-0.2, -0.15) is 0 Å². The number of benzene rings is 3. The molecule has 0 aliphatic rings. The molecule has 0 aliphatic heterocycles. The summed E-state index contributed by atoms with van der Waals surface area (Å²) in [6, 6.07) is 21.7. The summed E-state index contributed by atoms with van der Waals surface area (Å²) in [6.45, 7) is 1.90. The lowest BCUT2D eigenvalue weighted by molar-refractivity contribution is 0.415. The van der Waals surface area contributed by atoms with Crippen LogP contribution in [-0.4, -0.2) is 19.5 Å². The number of methoxy groups -OCH3 is 1.